The second-order valence-corrected chi connectivity index (χ2v) is 5.50. The van der Waals surface area contributed by atoms with Crippen molar-refractivity contribution in [3.05, 3.63) is 83.4 Å². The van der Waals surface area contributed by atoms with E-state index in [-0.39, 0.29) is 16.8 Å². The molecule has 3 rings (SSSR count). The molecule has 27 heavy (non-hydrogen) atoms. The summed E-state index contributed by atoms with van der Waals surface area (Å²) in [6, 6.07) is 13.4. The highest BCUT2D eigenvalue weighted by Gasteiger charge is 2.09. The van der Waals surface area contributed by atoms with Crippen LogP contribution in [0.2, 0.25) is 0 Å². The Balaban J connectivity index is 0.000000194. The molecule has 0 bridgehead atoms. The fourth-order valence-corrected chi connectivity index (χ4v) is 2.20. The van der Waals surface area contributed by atoms with Gasteiger partial charge in [-0.1, -0.05) is 18.2 Å². The van der Waals surface area contributed by atoms with E-state index in [9.17, 15) is 14.4 Å². The number of hydrogen-bond acceptors (Lipinski definition) is 4. The van der Waals surface area contributed by atoms with Crippen LogP contribution in [0.15, 0.2) is 61.1 Å². The lowest BCUT2D eigenvalue weighted by Crippen LogP contribution is -2.02. The predicted octanol–water partition coefficient (Wildman–Crippen LogP) is 2.96. The average molecular weight is 368 g/mol. The van der Waals surface area contributed by atoms with Gasteiger partial charge in [-0.05, 0) is 42.8 Å². The van der Waals surface area contributed by atoms with Gasteiger partial charge in [0, 0.05) is 11.9 Å². The van der Waals surface area contributed by atoms with E-state index in [1.165, 1.54) is 24.7 Å². The first-order chi connectivity index (χ1) is 12.8. The molecule has 0 spiro atoms. The first kappa shape index (κ1) is 19.4. The topological polar surface area (TPSA) is 130 Å². The zero-order chi connectivity index (χ0) is 20.0. The minimum atomic E-state index is -1.12. The van der Waals surface area contributed by atoms with E-state index in [4.69, 9.17) is 15.3 Å². The van der Waals surface area contributed by atoms with Crippen molar-refractivity contribution in [3.63, 3.8) is 0 Å². The van der Waals surface area contributed by atoms with Crippen LogP contribution in [-0.2, 0) is 0 Å². The molecule has 8 nitrogen and oxygen atoms in total. The number of para-hydroxylation sites is 1. The number of aromatic carboxylic acids is 3. The highest BCUT2D eigenvalue weighted by atomic mass is 16.4. The SMILES string of the molecule is Cc1cc(C(=O)O)cc(C(=O)O)c1.O=C(O)c1cn(-c2ccccc2)cn1. The lowest BCUT2D eigenvalue weighted by atomic mass is 10.1. The van der Waals surface area contributed by atoms with Crippen molar-refractivity contribution < 1.29 is 29.7 Å². The summed E-state index contributed by atoms with van der Waals surface area (Å²) in [5, 5.41) is 25.9. The summed E-state index contributed by atoms with van der Waals surface area (Å²) in [4.78, 5) is 35.4. The first-order valence-corrected chi connectivity index (χ1v) is 7.69. The fraction of sp³-hybridized carbons (Fsp3) is 0.0526. The third kappa shape index (κ3) is 5.27. The van der Waals surface area contributed by atoms with Gasteiger partial charge in [0.1, 0.15) is 6.33 Å². The Morgan fingerprint density at radius 2 is 1.41 bits per heavy atom. The summed E-state index contributed by atoms with van der Waals surface area (Å²) in [5.41, 5.74) is 1.56. The van der Waals surface area contributed by atoms with Crippen LogP contribution in [0, 0.1) is 6.92 Å². The van der Waals surface area contributed by atoms with Gasteiger partial charge < -0.3 is 19.9 Å². The van der Waals surface area contributed by atoms with E-state index in [1.807, 2.05) is 30.3 Å². The van der Waals surface area contributed by atoms with Crippen molar-refractivity contribution >= 4 is 17.9 Å². The molecule has 0 aliphatic rings. The van der Waals surface area contributed by atoms with Crippen LogP contribution in [0.4, 0.5) is 0 Å². The number of rotatable bonds is 4. The van der Waals surface area contributed by atoms with Crippen molar-refractivity contribution in [1.29, 1.82) is 0 Å². The minimum absolute atomic E-state index is 0.00241. The van der Waals surface area contributed by atoms with Crippen LogP contribution in [0.25, 0.3) is 5.69 Å². The Morgan fingerprint density at radius 3 is 1.85 bits per heavy atom. The molecule has 0 atom stereocenters. The average Bonchev–Trinajstić information content (AvgIpc) is 3.13. The number of carboxylic acid groups (broad SMARTS) is 3. The third-order valence-corrected chi connectivity index (χ3v) is 3.43. The molecule has 0 unspecified atom stereocenters. The molecule has 0 fully saturated rings. The number of benzene rings is 2. The van der Waals surface area contributed by atoms with Gasteiger partial charge in [-0.3, -0.25) is 0 Å². The van der Waals surface area contributed by atoms with Crippen LogP contribution in [-0.4, -0.2) is 42.8 Å². The maximum absolute atomic E-state index is 10.6. The summed E-state index contributed by atoms with van der Waals surface area (Å²) < 4.78 is 1.67. The predicted molar refractivity (Wildman–Crippen MR) is 95.6 cm³/mol. The standard InChI is InChI=1S/C10H8N2O2.C9H8O4/c13-10(14)9-6-12(7-11-9)8-4-2-1-3-5-8;1-5-2-6(8(10)11)4-7(3-5)9(12)13/h1-7H,(H,13,14);2-4H,1H3,(H,10,11)(H,12,13). The fourth-order valence-electron chi connectivity index (χ4n) is 2.20. The molecule has 0 saturated heterocycles. The Hall–Kier alpha value is -3.94. The number of imidazole rings is 1. The Labute approximate surface area is 154 Å². The molecule has 0 aliphatic carbocycles. The summed E-state index contributed by atoms with van der Waals surface area (Å²) in [5.74, 6) is -3.25. The normalized spacial score (nSPS) is 9.81. The Kier molecular flexibility index (Phi) is 6.06. The van der Waals surface area contributed by atoms with Gasteiger partial charge in [0.25, 0.3) is 0 Å². The van der Waals surface area contributed by atoms with Crippen LogP contribution < -0.4 is 0 Å². The van der Waals surface area contributed by atoms with Crippen molar-refractivity contribution in [1.82, 2.24) is 9.55 Å². The Bertz CT molecular complexity index is 947. The van der Waals surface area contributed by atoms with E-state index >= 15 is 0 Å². The van der Waals surface area contributed by atoms with E-state index in [0.717, 1.165) is 11.8 Å². The first-order valence-electron chi connectivity index (χ1n) is 7.69. The lowest BCUT2D eigenvalue weighted by molar-refractivity contribution is 0.0679. The zero-order valence-corrected chi connectivity index (χ0v) is 14.2. The van der Waals surface area contributed by atoms with Gasteiger partial charge >= 0.3 is 17.9 Å². The summed E-state index contributed by atoms with van der Waals surface area (Å²) in [6.07, 6.45) is 2.97. The zero-order valence-electron chi connectivity index (χ0n) is 14.2. The number of carboxylic acids is 3. The van der Waals surface area contributed by atoms with Crippen LogP contribution in [0.1, 0.15) is 36.8 Å². The summed E-state index contributed by atoms with van der Waals surface area (Å²) >= 11 is 0. The van der Waals surface area contributed by atoms with Crippen molar-refractivity contribution in [2.24, 2.45) is 0 Å². The molecule has 2 aromatic carbocycles. The number of aryl methyl sites for hydroxylation is 1. The highest BCUT2D eigenvalue weighted by Crippen LogP contribution is 2.10. The van der Waals surface area contributed by atoms with E-state index in [1.54, 1.807) is 11.5 Å². The molecule has 3 aromatic rings. The van der Waals surface area contributed by atoms with Crippen molar-refractivity contribution in [2.75, 3.05) is 0 Å². The molecule has 0 aliphatic heterocycles. The second kappa shape index (κ2) is 8.43. The smallest absolute Gasteiger partial charge is 0.356 e. The molecule has 0 radical (unpaired) electrons. The van der Waals surface area contributed by atoms with Gasteiger partial charge in [0.05, 0.1) is 11.1 Å². The maximum atomic E-state index is 10.6. The van der Waals surface area contributed by atoms with Gasteiger partial charge in [-0.15, -0.1) is 0 Å². The molecule has 0 saturated carbocycles. The molecule has 0 amide bonds. The number of carbonyl (C=O) groups is 3. The number of nitrogens with zero attached hydrogens (tertiary/aromatic N) is 2. The molecular formula is C19H16N2O6. The quantitative estimate of drug-likeness (QED) is 0.645. The summed E-state index contributed by atoms with van der Waals surface area (Å²) in [6.45, 7) is 1.65. The highest BCUT2D eigenvalue weighted by molar-refractivity contribution is 5.94. The van der Waals surface area contributed by atoms with Crippen LogP contribution in [0.3, 0.4) is 0 Å². The molecule has 8 heteroatoms. The molecule has 138 valence electrons. The minimum Gasteiger partial charge on any atom is -0.478 e. The summed E-state index contributed by atoms with van der Waals surface area (Å²) in [7, 11) is 0. The van der Waals surface area contributed by atoms with E-state index < -0.39 is 17.9 Å². The molecule has 3 N–H and O–H groups in total. The van der Waals surface area contributed by atoms with Crippen molar-refractivity contribution in [2.45, 2.75) is 6.92 Å². The largest absolute Gasteiger partial charge is 0.478 e. The molecule has 1 aromatic heterocycles. The Morgan fingerprint density at radius 1 is 0.852 bits per heavy atom. The van der Waals surface area contributed by atoms with Crippen LogP contribution in [0.5, 0.6) is 0 Å². The van der Waals surface area contributed by atoms with E-state index in [2.05, 4.69) is 4.98 Å². The second-order valence-electron chi connectivity index (χ2n) is 5.50. The maximum Gasteiger partial charge on any atom is 0.356 e. The van der Waals surface area contributed by atoms with E-state index in [0.29, 0.717) is 5.56 Å². The molecule has 1 heterocycles. The third-order valence-electron chi connectivity index (χ3n) is 3.43. The van der Waals surface area contributed by atoms with Gasteiger partial charge in [0.15, 0.2) is 5.69 Å². The monoisotopic (exact) mass is 368 g/mol. The van der Waals surface area contributed by atoms with Crippen LogP contribution >= 0.6 is 0 Å². The number of hydrogen-bond donors (Lipinski definition) is 3. The lowest BCUT2D eigenvalue weighted by Gasteiger charge is -1.99. The number of aromatic nitrogens is 2. The van der Waals surface area contributed by atoms with Gasteiger partial charge in [-0.25, -0.2) is 19.4 Å². The van der Waals surface area contributed by atoms with Gasteiger partial charge in [0.2, 0.25) is 0 Å². The van der Waals surface area contributed by atoms with Crippen molar-refractivity contribution in [3.8, 4) is 5.69 Å². The molecular weight excluding hydrogens is 352 g/mol. The van der Waals surface area contributed by atoms with Gasteiger partial charge in [-0.2, -0.15) is 0 Å².